The number of rotatable bonds is 35. The Bertz CT molecular complexity index is 712. The Balaban J connectivity index is 2.24. The number of nitrogens with one attached hydrogen (secondary N) is 2. The van der Waals surface area contributed by atoms with Gasteiger partial charge in [-0.1, -0.05) is 155 Å². The van der Waals surface area contributed by atoms with E-state index in [9.17, 15) is 9.59 Å². The predicted octanol–water partition coefficient (Wildman–Crippen LogP) is 11.0. The number of carbonyl (C=O) groups is 2. The highest BCUT2D eigenvalue weighted by atomic mass is 16.2. The van der Waals surface area contributed by atoms with Crippen LogP contribution < -0.4 is 10.6 Å². The molecule has 1 rings (SSSR count). The highest BCUT2D eigenvalue weighted by molar-refractivity contribution is 5.77. The fourth-order valence-electron chi connectivity index (χ4n) is 7.60. The molecule has 0 bridgehead atoms. The molecule has 3 atom stereocenters. The molecular formula is C43H86N4O2. The van der Waals surface area contributed by atoms with Crippen molar-refractivity contribution in [1.82, 2.24) is 20.4 Å². The lowest BCUT2D eigenvalue weighted by molar-refractivity contribution is -0.122. The molecule has 0 aromatic heterocycles. The van der Waals surface area contributed by atoms with Crippen LogP contribution in [0.15, 0.2) is 0 Å². The van der Waals surface area contributed by atoms with Crippen molar-refractivity contribution < 1.29 is 9.59 Å². The van der Waals surface area contributed by atoms with E-state index in [4.69, 9.17) is 0 Å². The van der Waals surface area contributed by atoms with Gasteiger partial charge < -0.3 is 20.4 Å². The van der Waals surface area contributed by atoms with Crippen molar-refractivity contribution in [3.63, 3.8) is 0 Å². The zero-order valence-corrected chi connectivity index (χ0v) is 33.8. The van der Waals surface area contributed by atoms with Gasteiger partial charge in [0, 0.05) is 44.1 Å². The number of amides is 2. The van der Waals surface area contributed by atoms with Gasteiger partial charge in [0.15, 0.2) is 0 Å². The number of likely N-dealkylation sites (tertiary alicyclic amines) is 1. The first-order chi connectivity index (χ1) is 23.8. The van der Waals surface area contributed by atoms with Crippen LogP contribution in [0, 0.1) is 0 Å². The van der Waals surface area contributed by atoms with Crippen LogP contribution in [-0.2, 0) is 9.59 Å². The van der Waals surface area contributed by atoms with Crippen LogP contribution in [0.1, 0.15) is 214 Å². The van der Waals surface area contributed by atoms with Gasteiger partial charge in [-0.3, -0.25) is 9.59 Å². The quantitative estimate of drug-likeness (QED) is 0.0650. The lowest BCUT2D eigenvalue weighted by atomic mass is 10.0. The maximum Gasteiger partial charge on any atom is 0.221 e. The van der Waals surface area contributed by atoms with Gasteiger partial charge in [0.1, 0.15) is 0 Å². The van der Waals surface area contributed by atoms with E-state index in [1.165, 1.54) is 161 Å². The molecule has 0 saturated carbocycles. The fraction of sp³-hybridized carbons (Fsp3) is 0.953. The minimum absolute atomic E-state index is 0.156. The van der Waals surface area contributed by atoms with Crippen LogP contribution in [0.2, 0.25) is 0 Å². The van der Waals surface area contributed by atoms with Crippen molar-refractivity contribution in [1.29, 1.82) is 0 Å². The van der Waals surface area contributed by atoms with Crippen molar-refractivity contribution in [2.45, 2.75) is 232 Å². The van der Waals surface area contributed by atoms with Crippen LogP contribution in [0.5, 0.6) is 0 Å². The molecule has 1 aliphatic heterocycles. The van der Waals surface area contributed by atoms with Crippen LogP contribution in [0.25, 0.3) is 0 Å². The number of unbranched alkanes of at least 4 members (excludes halogenated alkanes) is 20. The van der Waals surface area contributed by atoms with E-state index in [1.54, 1.807) is 0 Å². The molecule has 0 aromatic rings. The summed E-state index contributed by atoms with van der Waals surface area (Å²) in [6, 6.07) is 1.10. The van der Waals surface area contributed by atoms with Crippen molar-refractivity contribution in [2.24, 2.45) is 0 Å². The molecule has 6 heteroatoms. The molecule has 290 valence electrons. The third-order valence-electron chi connectivity index (χ3n) is 11.1. The smallest absolute Gasteiger partial charge is 0.221 e. The molecule has 1 aliphatic rings. The van der Waals surface area contributed by atoms with Gasteiger partial charge in [0.2, 0.25) is 11.8 Å². The van der Waals surface area contributed by atoms with Crippen LogP contribution in [0.4, 0.5) is 0 Å². The van der Waals surface area contributed by atoms with Crippen molar-refractivity contribution in [3.8, 4) is 0 Å². The predicted molar refractivity (Wildman–Crippen MR) is 213 cm³/mol. The lowest BCUT2D eigenvalue weighted by Gasteiger charge is -2.26. The molecule has 0 spiro atoms. The maximum atomic E-state index is 12.9. The Morgan fingerprint density at radius 3 is 1.31 bits per heavy atom. The van der Waals surface area contributed by atoms with Gasteiger partial charge >= 0.3 is 0 Å². The Labute approximate surface area is 306 Å². The molecule has 2 N–H and O–H groups in total. The lowest BCUT2D eigenvalue weighted by Crippen LogP contribution is -2.39. The average molecular weight is 691 g/mol. The summed E-state index contributed by atoms with van der Waals surface area (Å²) in [5.74, 6) is 0.312. The van der Waals surface area contributed by atoms with E-state index in [2.05, 4.69) is 55.2 Å². The summed E-state index contributed by atoms with van der Waals surface area (Å²) in [6.45, 7) is 12.5. The molecule has 3 unspecified atom stereocenters. The monoisotopic (exact) mass is 691 g/mol. The SMILES string of the molecule is CCCCCCCCCCCCCC(C)NC(=O)CCN(CCC(=O)NC(C)CCCCCCCCCCCCC)CCC1CCCN1C. The van der Waals surface area contributed by atoms with Crippen LogP contribution in [0.3, 0.4) is 0 Å². The molecule has 49 heavy (non-hydrogen) atoms. The summed E-state index contributed by atoms with van der Waals surface area (Å²) < 4.78 is 0. The second-order valence-corrected chi connectivity index (χ2v) is 16.0. The molecule has 0 radical (unpaired) electrons. The molecule has 1 fully saturated rings. The van der Waals surface area contributed by atoms with Gasteiger partial charge in [-0.05, 0) is 66.1 Å². The Morgan fingerprint density at radius 1 is 0.592 bits per heavy atom. The van der Waals surface area contributed by atoms with Crippen molar-refractivity contribution in [2.75, 3.05) is 33.2 Å². The summed E-state index contributed by atoms with van der Waals surface area (Å²) in [5, 5.41) is 6.52. The van der Waals surface area contributed by atoms with E-state index >= 15 is 0 Å². The summed E-state index contributed by atoms with van der Waals surface area (Å²) >= 11 is 0. The van der Waals surface area contributed by atoms with Gasteiger partial charge in [-0.25, -0.2) is 0 Å². The molecule has 1 saturated heterocycles. The van der Waals surface area contributed by atoms with E-state index < -0.39 is 0 Å². The van der Waals surface area contributed by atoms with Crippen molar-refractivity contribution >= 4 is 11.8 Å². The molecule has 2 amide bonds. The average Bonchev–Trinajstić information content (AvgIpc) is 3.49. The van der Waals surface area contributed by atoms with E-state index in [0.717, 1.165) is 38.9 Å². The Morgan fingerprint density at radius 2 is 0.959 bits per heavy atom. The number of hydrogen-bond donors (Lipinski definition) is 2. The largest absolute Gasteiger partial charge is 0.354 e. The van der Waals surface area contributed by atoms with E-state index in [-0.39, 0.29) is 23.9 Å². The third kappa shape index (κ3) is 28.2. The molecule has 6 nitrogen and oxygen atoms in total. The zero-order valence-electron chi connectivity index (χ0n) is 33.8. The first-order valence-electron chi connectivity index (χ1n) is 21.9. The minimum Gasteiger partial charge on any atom is -0.354 e. The summed E-state index contributed by atoms with van der Waals surface area (Å²) in [6.07, 6.45) is 36.6. The van der Waals surface area contributed by atoms with Gasteiger partial charge in [0.05, 0.1) is 0 Å². The number of nitrogens with zero attached hydrogens (tertiary/aromatic N) is 2. The molecule has 0 aromatic carbocycles. The molecule has 0 aliphatic carbocycles. The van der Waals surface area contributed by atoms with E-state index in [0.29, 0.717) is 18.9 Å². The fourth-order valence-corrected chi connectivity index (χ4v) is 7.60. The first-order valence-corrected chi connectivity index (χ1v) is 21.9. The Hall–Kier alpha value is -1.14. The normalized spacial score (nSPS) is 16.3. The highest BCUT2D eigenvalue weighted by Gasteiger charge is 2.22. The van der Waals surface area contributed by atoms with Gasteiger partial charge in [-0.15, -0.1) is 0 Å². The van der Waals surface area contributed by atoms with Gasteiger partial charge in [-0.2, -0.15) is 0 Å². The summed E-state index contributed by atoms with van der Waals surface area (Å²) in [4.78, 5) is 30.6. The number of hydrogen-bond acceptors (Lipinski definition) is 4. The topological polar surface area (TPSA) is 64.7 Å². The second kappa shape index (κ2) is 32.7. The minimum atomic E-state index is 0.156. The maximum absolute atomic E-state index is 12.9. The summed E-state index contributed by atoms with van der Waals surface area (Å²) in [7, 11) is 2.23. The Kier molecular flexibility index (Phi) is 30.7. The molecule has 1 heterocycles. The first kappa shape index (κ1) is 45.9. The van der Waals surface area contributed by atoms with Crippen LogP contribution >= 0.6 is 0 Å². The third-order valence-corrected chi connectivity index (χ3v) is 11.1. The van der Waals surface area contributed by atoms with Crippen LogP contribution in [-0.4, -0.2) is 73.0 Å². The standard InChI is InChI=1S/C43H86N4O2/c1-6-8-10-12-14-16-18-20-22-24-26-29-39(3)44-42(48)33-37-47(36-32-41-31-28-35-46(41)5)38-34-43(49)45-40(4)30-27-25-23-21-19-17-15-13-11-9-7-2/h39-41H,6-38H2,1-5H3,(H,44,48)(H,45,49). The second-order valence-electron chi connectivity index (χ2n) is 16.0. The van der Waals surface area contributed by atoms with Gasteiger partial charge in [0.25, 0.3) is 0 Å². The number of carbonyl (C=O) groups excluding carboxylic acids is 2. The molecular weight excluding hydrogens is 604 g/mol. The van der Waals surface area contributed by atoms with E-state index in [1.807, 2.05) is 0 Å². The summed E-state index contributed by atoms with van der Waals surface area (Å²) in [5.41, 5.74) is 0. The highest BCUT2D eigenvalue weighted by Crippen LogP contribution is 2.19. The zero-order chi connectivity index (χ0) is 35.8. The van der Waals surface area contributed by atoms with Crippen molar-refractivity contribution in [3.05, 3.63) is 0 Å².